The van der Waals surface area contributed by atoms with Gasteiger partial charge in [0, 0.05) is 57.7 Å². The first-order chi connectivity index (χ1) is 21.9. The molecule has 0 bridgehead atoms. The van der Waals surface area contributed by atoms with Crippen molar-refractivity contribution in [2.75, 3.05) is 19.8 Å². The van der Waals surface area contributed by atoms with E-state index in [9.17, 15) is 31.5 Å². The number of aryl methyl sites for hydroxylation is 1. The number of alkyl halides is 5. The van der Waals surface area contributed by atoms with Crippen LogP contribution in [0.25, 0.3) is 5.78 Å². The van der Waals surface area contributed by atoms with Crippen LogP contribution in [0.15, 0.2) is 18.5 Å². The lowest BCUT2D eigenvalue weighted by Gasteiger charge is -2.33. The Balaban J connectivity index is 1.34. The average Bonchev–Trinajstić information content (AvgIpc) is 3.78. The van der Waals surface area contributed by atoms with Gasteiger partial charge in [-0.3, -0.25) is 14.3 Å². The third-order valence-corrected chi connectivity index (χ3v) is 9.44. The summed E-state index contributed by atoms with van der Waals surface area (Å²) < 4.78 is 77.4. The molecule has 2 N–H and O–H groups in total. The van der Waals surface area contributed by atoms with Crippen LogP contribution >= 0.6 is 0 Å². The topological polar surface area (TPSA) is 128 Å². The van der Waals surface area contributed by atoms with Crippen molar-refractivity contribution in [1.82, 2.24) is 40.0 Å². The summed E-state index contributed by atoms with van der Waals surface area (Å²) in [6.07, 6.45) is -0.856. The molecule has 2 saturated heterocycles. The number of imidazole rings is 1. The lowest BCUT2D eigenvalue weighted by Crippen LogP contribution is -2.47. The second kappa shape index (κ2) is 12.8. The number of piperidine rings is 1. The first kappa shape index (κ1) is 32.3. The number of nitrogens with one attached hydrogen (secondary N) is 2. The Kier molecular flexibility index (Phi) is 9.00. The van der Waals surface area contributed by atoms with E-state index in [1.54, 1.807) is 12.3 Å². The van der Waals surface area contributed by atoms with Gasteiger partial charge in [-0.25, -0.2) is 23.3 Å². The molecule has 3 aliphatic rings. The van der Waals surface area contributed by atoms with E-state index in [0.717, 1.165) is 6.42 Å². The Bertz CT molecular complexity index is 1560. The van der Waals surface area contributed by atoms with Gasteiger partial charge in [0.15, 0.2) is 0 Å². The SMILES string of the molecule is CCn1nccc1C(=O)N[C@H](c1cn2nc(C[C@H]3C[C@@H](C(F)(F)F)CNC3=O)c(C[C@@H]3CCOC3)nc2n1)C1CCC(F)(F)CC1. The molecule has 46 heavy (non-hydrogen) atoms. The normalized spacial score (nSPS) is 24.7. The van der Waals surface area contributed by atoms with Gasteiger partial charge in [0.05, 0.1) is 35.2 Å². The summed E-state index contributed by atoms with van der Waals surface area (Å²) in [6, 6.07) is 0.840. The summed E-state index contributed by atoms with van der Waals surface area (Å²) in [5.74, 6) is -6.30. The fourth-order valence-electron chi connectivity index (χ4n) is 6.77. The zero-order valence-electron chi connectivity index (χ0n) is 25.4. The van der Waals surface area contributed by atoms with Gasteiger partial charge in [0.25, 0.3) is 11.7 Å². The second-order valence-corrected chi connectivity index (χ2v) is 12.6. The highest BCUT2D eigenvalue weighted by Crippen LogP contribution is 2.41. The highest BCUT2D eigenvalue weighted by Gasteiger charge is 2.45. The molecule has 2 amide bonds. The number of carbonyl (C=O) groups is 2. The predicted molar refractivity (Wildman–Crippen MR) is 153 cm³/mol. The van der Waals surface area contributed by atoms with Crippen LogP contribution in [0.4, 0.5) is 22.0 Å². The van der Waals surface area contributed by atoms with Crippen molar-refractivity contribution < 1.29 is 36.3 Å². The molecule has 1 saturated carbocycles. The van der Waals surface area contributed by atoms with Crippen molar-refractivity contribution in [3.05, 3.63) is 41.2 Å². The number of hydrogen-bond acceptors (Lipinski definition) is 7. The third-order valence-electron chi connectivity index (χ3n) is 9.44. The van der Waals surface area contributed by atoms with Gasteiger partial charge in [-0.1, -0.05) is 0 Å². The number of ether oxygens (including phenoxy) is 1. The summed E-state index contributed by atoms with van der Waals surface area (Å²) in [6.45, 7) is 2.93. The van der Waals surface area contributed by atoms with E-state index in [0.29, 0.717) is 49.0 Å². The van der Waals surface area contributed by atoms with Crippen molar-refractivity contribution in [1.29, 1.82) is 0 Å². The number of carbonyl (C=O) groups excluding carboxylic acids is 2. The number of halogens is 5. The number of amides is 2. The van der Waals surface area contributed by atoms with Gasteiger partial charge >= 0.3 is 6.18 Å². The minimum absolute atomic E-state index is 0.0450. The Morgan fingerprint density at radius 3 is 2.65 bits per heavy atom. The molecule has 0 unspecified atom stereocenters. The zero-order chi connectivity index (χ0) is 32.6. The van der Waals surface area contributed by atoms with Crippen LogP contribution < -0.4 is 10.6 Å². The number of aromatic nitrogens is 6. The van der Waals surface area contributed by atoms with E-state index < -0.39 is 48.3 Å². The van der Waals surface area contributed by atoms with E-state index in [4.69, 9.17) is 14.8 Å². The molecule has 0 radical (unpaired) electrons. The molecular formula is C30H37F5N8O3. The molecule has 3 fully saturated rings. The second-order valence-electron chi connectivity index (χ2n) is 12.6. The van der Waals surface area contributed by atoms with Gasteiger partial charge < -0.3 is 15.4 Å². The maximum Gasteiger partial charge on any atom is 0.393 e. The van der Waals surface area contributed by atoms with Crippen LogP contribution in [-0.2, 0) is 28.9 Å². The fourth-order valence-corrected chi connectivity index (χ4v) is 6.77. The highest BCUT2D eigenvalue weighted by atomic mass is 19.4. The summed E-state index contributed by atoms with van der Waals surface area (Å²) in [5, 5.41) is 14.2. The maximum absolute atomic E-state index is 14.1. The van der Waals surface area contributed by atoms with Crippen molar-refractivity contribution in [3.63, 3.8) is 0 Å². The monoisotopic (exact) mass is 652 g/mol. The molecule has 2 aliphatic heterocycles. The first-order valence-corrected chi connectivity index (χ1v) is 15.8. The summed E-state index contributed by atoms with van der Waals surface area (Å²) in [7, 11) is 0. The number of hydrogen-bond donors (Lipinski definition) is 2. The van der Waals surface area contributed by atoms with E-state index in [1.807, 2.05) is 6.92 Å². The minimum atomic E-state index is -4.44. The lowest BCUT2D eigenvalue weighted by atomic mass is 9.81. The molecule has 3 aromatic heterocycles. The molecule has 250 valence electrons. The van der Waals surface area contributed by atoms with Crippen molar-refractivity contribution in [2.45, 2.75) is 83.0 Å². The molecule has 1 aliphatic carbocycles. The summed E-state index contributed by atoms with van der Waals surface area (Å²) in [4.78, 5) is 35.5. The standard InChI is InChI=1S/C30H37F5N8O3/c1-2-42-24(5-9-37-42)27(45)40-25(18-3-7-29(31,32)8-4-18)23-15-43-28(39-23)38-21(11-17-6-10-46-16-17)22(41-43)13-19-12-20(30(33,34)35)14-36-26(19)44/h5,9,15,17-20,25H,2-4,6-8,10-14,16H2,1H3,(H,36,44)(H,40,45)/t17-,19+,20+,25-/m0/s1. The van der Waals surface area contributed by atoms with Gasteiger partial charge in [-0.2, -0.15) is 23.4 Å². The minimum Gasteiger partial charge on any atom is -0.381 e. The van der Waals surface area contributed by atoms with Gasteiger partial charge in [0.1, 0.15) is 5.69 Å². The van der Waals surface area contributed by atoms with Crippen LogP contribution in [0.1, 0.15) is 79.1 Å². The predicted octanol–water partition coefficient (Wildman–Crippen LogP) is 4.07. The summed E-state index contributed by atoms with van der Waals surface area (Å²) >= 11 is 0. The van der Waals surface area contributed by atoms with Gasteiger partial charge in [0.2, 0.25) is 11.8 Å². The maximum atomic E-state index is 14.1. The quantitative estimate of drug-likeness (QED) is 0.334. The first-order valence-electron chi connectivity index (χ1n) is 15.8. The molecule has 11 nitrogen and oxygen atoms in total. The molecular weight excluding hydrogens is 615 g/mol. The molecule has 16 heteroatoms. The van der Waals surface area contributed by atoms with E-state index in [2.05, 4.69) is 20.7 Å². The zero-order valence-corrected chi connectivity index (χ0v) is 25.4. The van der Waals surface area contributed by atoms with E-state index in [-0.39, 0.29) is 56.1 Å². The summed E-state index contributed by atoms with van der Waals surface area (Å²) in [5.41, 5.74) is 1.61. The Hall–Kier alpha value is -3.69. The van der Waals surface area contributed by atoms with Crippen molar-refractivity contribution in [3.8, 4) is 0 Å². The van der Waals surface area contributed by atoms with Crippen LogP contribution in [0.2, 0.25) is 0 Å². The number of rotatable bonds is 9. The smallest absolute Gasteiger partial charge is 0.381 e. The molecule has 3 aromatic rings. The number of fused-ring (bicyclic) bond motifs is 1. The fraction of sp³-hybridized carbons (Fsp3) is 0.667. The van der Waals surface area contributed by atoms with E-state index in [1.165, 1.54) is 15.4 Å². The van der Waals surface area contributed by atoms with Gasteiger partial charge in [-0.05, 0) is 56.9 Å². The van der Waals surface area contributed by atoms with Crippen LogP contribution in [-0.4, -0.2) is 73.0 Å². The number of nitrogens with zero attached hydrogens (tertiary/aromatic N) is 6. The van der Waals surface area contributed by atoms with Crippen LogP contribution in [0.3, 0.4) is 0 Å². The van der Waals surface area contributed by atoms with Crippen molar-refractivity contribution in [2.24, 2.45) is 23.7 Å². The van der Waals surface area contributed by atoms with Crippen LogP contribution in [0.5, 0.6) is 0 Å². The molecule has 4 atom stereocenters. The molecule has 6 rings (SSSR count). The Morgan fingerprint density at radius 1 is 1.17 bits per heavy atom. The van der Waals surface area contributed by atoms with Crippen LogP contribution in [0, 0.1) is 23.7 Å². The third kappa shape index (κ3) is 7.00. The molecule has 0 aromatic carbocycles. The largest absolute Gasteiger partial charge is 0.393 e. The van der Waals surface area contributed by atoms with E-state index >= 15 is 0 Å². The van der Waals surface area contributed by atoms with Gasteiger partial charge in [-0.15, -0.1) is 0 Å². The molecule has 5 heterocycles. The van der Waals surface area contributed by atoms with Crippen molar-refractivity contribution >= 4 is 17.6 Å². The highest BCUT2D eigenvalue weighted by molar-refractivity contribution is 5.92. The molecule has 0 spiro atoms. The lowest BCUT2D eigenvalue weighted by molar-refractivity contribution is -0.183. The Morgan fingerprint density at radius 2 is 1.96 bits per heavy atom. The Labute approximate surface area is 261 Å². The average molecular weight is 653 g/mol.